The Bertz CT molecular complexity index is 630. The van der Waals surface area contributed by atoms with Gasteiger partial charge in [0.05, 0.1) is 24.9 Å². The van der Waals surface area contributed by atoms with Crippen LogP contribution in [0.25, 0.3) is 11.2 Å². The zero-order valence-electron chi connectivity index (χ0n) is 10.5. The molecule has 1 aliphatic rings. The number of nitrogens with two attached hydrogens (primary N) is 1. The Morgan fingerprint density at radius 3 is 2.95 bits per heavy atom. The molecular weight excluding hydrogens is 286 g/mol. The van der Waals surface area contributed by atoms with E-state index in [1.807, 2.05) is 0 Å². The highest BCUT2D eigenvalue weighted by Crippen LogP contribution is 2.38. The lowest BCUT2D eigenvalue weighted by Gasteiger charge is -2.27. The van der Waals surface area contributed by atoms with Crippen molar-refractivity contribution in [2.45, 2.75) is 24.4 Å². The van der Waals surface area contributed by atoms with Crippen molar-refractivity contribution in [3.8, 4) is 0 Å². The number of rotatable bonds is 3. The molecule has 0 unspecified atom stereocenters. The number of anilines is 1. The highest BCUT2D eigenvalue weighted by atomic mass is 35.5. The Morgan fingerprint density at radius 1 is 1.50 bits per heavy atom. The Labute approximate surface area is 119 Å². The molecule has 9 heteroatoms. The number of aliphatic hydroxyl groups excluding tert-OH is 2. The summed E-state index contributed by atoms with van der Waals surface area (Å²) in [5, 5.41) is 19.5. The van der Waals surface area contributed by atoms with Crippen LogP contribution >= 0.6 is 11.6 Å². The van der Waals surface area contributed by atoms with Crippen molar-refractivity contribution in [1.82, 2.24) is 19.5 Å². The fraction of sp³-hybridized carbons (Fsp3) is 0.545. The number of aromatic nitrogens is 4. The smallest absolute Gasteiger partial charge is 0.167 e. The lowest BCUT2D eigenvalue weighted by Crippen LogP contribution is -2.45. The van der Waals surface area contributed by atoms with Crippen LogP contribution in [0.3, 0.4) is 0 Å². The normalized spacial score (nSPS) is 30.1. The number of nitrogen functional groups attached to an aromatic ring is 1. The van der Waals surface area contributed by atoms with Crippen LogP contribution in [0.15, 0.2) is 12.7 Å². The Hall–Kier alpha value is -1.48. The van der Waals surface area contributed by atoms with Crippen molar-refractivity contribution in [2.75, 3.05) is 18.2 Å². The minimum absolute atomic E-state index is 0.00901. The number of aliphatic hydroxyl groups is 2. The second-order valence-corrected chi connectivity index (χ2v) is 5.03. The van der Waals surface area contributed by atoms with E-state index in [1.54, 1.807) is 4.57 Å². The zero-order valence-corrected chi connectivity index (χ0v) is 11.2. The van der Waals surface area contributed by atoms with Crippen molar-refractivity contribution < 1.29 is 14.9 Å². The number of imidazole rings is 1. The molecular formula is C11H14ClN5O3. The van der Waals surface area contributed by atoms with Crippen LogP contribution in [-0.4, -0.2) is 53.9 Å². The molecule has 3 atom stereocenters. The van der Waals surface area contributed by atoms with Gasteiger partial charge in [0.2, 0.25) is 0 Å². The quantitative estimate of drug-likeness (QED) is 0.663. The average Bonchev–Trinajstić information content (AvgIpc) is 3.01. The first-order valence-electron chi connectivity index (χ1n) is 6.07. The van der Waals surface area contributed by atoms with Gasteiger partial charge in [-0.1, -0.05) is 0 Å². The van der Waals surface area contributed by atoms with Crippen LogP contribution in [0, 0.1) is 0 Å². The summed E-state index contributed by atoms with van der Waals surface area (Å²) in [5.41, 5.74) is 5.54. The number of hydrogen-bond acceptors (Lipinski definition) is 7. The maximum absolute atomic E-state index is 10.1. The van der Waals surface area contributed by atoms with Gasteiger partial charge in [0, 0.05) is 6.42 Å². The highest BCUT2D eigenvalue weighted by Gasteiger charge is 2.48. The third-order valence-corrected chi connectivity index (χ3v) is 4.05. The Morgan fingerprint density at radius 2 is 2.30 bits per heavy atom. The Kier molecular flexibility index (Phi) is 3.25. The summed E-state index contributed by atoms with van der Waals surface area (Å²) in [6.45, 7) is -0.363. The van der Waals surface area contributed by atoms with Gasteiger partial charge in [-0.25, -0.2) is 15.0 Å². The van der Waals surface area contributed by atoms with E-state index in [-0.39, 0.29) is 24.7 Å². The van der Waals surface area contributed by atoms with Gasteiger partial charge in [-0.2, -0.15) is 0 Å². The summed E-state index contributed by atoms with van der Waals surface area (Å²) in [6.07, 6.45) is 1.75. The minimum Gasteiger partial charge on any atom is -0.393 e. The minimum atomic E-state index is -1.17. The number of alkyl halides is 1. The zero-order chi connectivity index (χ0) is 14.3. The van der Waals surface area contributed by atoms with Gasteiger partial charge in [0.1, 0.15) is 23.7 Å². The molecule has 108 valence electrons. The largest absolute Gasteiger partial charge is 0.393 e. The number of fused-ring (bicyclic) bond motifs is 1. The predicted molar refractivity (Wildman–Crippen MR) is 71.0 cm³/mol. The molecule has 0 bridgehead atoms. The second-order valence-electron chi connectivity index (χ2n) is 4.76. The molecule has 2 aromatic heterocycles. The topological polar surface area (TPSA) is 119 Å². The van der Waals surface area contributed by atoms with Crippen LogP contribution in [0.2, 0.25) is 0 Å². The molecule has 1 fully saturated rings. The molecule has 3 rings (SSSR count). The lowest BCUT2D eigenvalue weighted by molar-refractivity contribution is -0.112. The summed E-state index contributed by atoms with van der Waals surface area (Å²) in [6, 6.07) is 0. The molecule has 2 aromatic rings. The van der Waals surface area contributed by atoms with Crippen LogP contribution in [-0.2, 0) is 4.74 Å². The lowest BCUT2D eigenvalue weighted by atomic mass is 10.0. The SMILES string of the molecule is Nc1ncnc2c1ncn2[C@H]1C[C@H](O)[C@](CO)(CCl)O1. The third kappa shape index (κ3) is 1.84. The van der Waals surface area contributed by atoms with Crippen LogP contribution in [0.1, 0.15) is 12.6 Å². The van der Waals surface area contributed by atoms with Gasteiger partial charge in [-0.05, 0) is 0 Å². The summed E-state index contributed by atoms with van der Waals surface area (Å²) < 4.78 is 7.40. The van der Waals surface area contributed by atoms with E-state index < -0.39 is 17.9 Å². The molecule has 1 saturated heterocycles. The second kappa shape index (κ2) is 4.81. The van der Waals surface area contributed by atoms with E-state index >= 15 is 0 Å². The van der Waals surface area contributed by atoms with Crippen molar-refractivity contribution in [3.05, 3.63) is 12.7 Å². The first-order valence-corrected chi connectivity index (χ1v) is 6.60. The van der Waals surface area contributed by atoms with Crippen molar-refractivity contribution >= 4 is 28.6 Å². The average molecular weight is 300 g/mol. The number of hydrogen-bond donors (Lipinski definition) is 3. The van der Waals surface area contributed by atoms with Crippen molar-refractivity contribution in [3.63, 3.8) is 0 Å². The highest BCUT2D eigenvalue weighted by molar-refractivity contribution is 6.18. The van der Waals surface area contributed by atoms with Crippen molar-refractivity contribution in [1.29, 1.82) is 0 Å². The third-order valence-electron chi connectivity index (χ3n) is 3.59. The van der Waals surface area contributed by atoms with E-state index in [0.717, 1.165) is 0 Å². The first-order chi connectivity index (χ1) is 9.61. The maximum atomic E-state index is 10.1. The van der Waals surface area contributed by atoms with Crippen molar-refractivity contribution in [2.24, 2.45) is 0 Å². The van der Waals surface area contributed by atoms with Gasteiger partial charge < -0.3 is 20.7 Å². The molecule has 3 heterocycles. The van der Waals surface area contributed by atoms with Crippen LogP contribution < -0.4 is 5.73 Å². The van der Waals surface area contributed by atoms with Crippen LogP contribution in [0.4, 0.5) is 5.82 Å². The fourth-order valence-corrected chi connectivity index (χ4v) is 2.69. The fourth-order valence-electron chi connectivity index (χ4n) is 2.36. The van der Waals surface area contributed by atoms with Crippen LogP contribution in [0.5, 0.6) is 0 Å². The Balaban J connectivity index is 1.99. The van der Waals surface area contributed by atoms with E-state index in [9.17, 15) is 10.2 Å². The summed E-state index contributed by atoms with van der Waals surface area (Å²) in [5.74, 6) is 0.267. The molecule has 0 radical (unpaired) electrons. The monoisotopic (exact) mass is 299 g/mol. The molecule has 8 nitrogen and oxygen atoms in total. The molecule has 0 aromatic carbocycles. The number of halogens is 1. The molecule has 0 amide bonds. The molecule has 1 aliphatic heterocycles. The summed E-state index contributed by atoms with van der Waals surface area (Å²) >= 11 is 5.81. The first kappa shape index (κ1) is 13.5. The number of nitrogens with zero attached hydrogens (tertiary/aromatic N) is 4. The standard InChI is InChI=1S/C11H14ClN5O3/c12-2-11(3-18)6(19)1-7(20-11)17-5-16-8-9(13)14-4-15-10(8)17/h4-7,18-19H,1-3H2,(H2,13,14,15)/t6-,7+,11+/m0/s1. The predicted octanol–water partition coefficient (Wildman–Crippen LogP) is -0.342. The molecule has 20 heavy (non-hydrogen) atoms. The maximum Gasteiger partial charge on any atom is 0.167 e. The van der Waals surface area contributed by atoms with Gasteiger partial charge in [0.15, 0.2) is 11.5 Å². The van der Waals surface area contributed by atoms with Gasteiger partial charge in [-0.15, -0.1) is 11.6 Å². The summed E-state index contributed by atoms with van der Waals surface area (Å²) in [7, 11) is 0. The molecule has 0 aliphatic carbocycles. The number of ether oxygens (including phenoxy) is 1. The van der Waals surface area contributed by atoms with Gasteiger partial charge in [-0.3, -0.25) is 4.57 Å². The molecule has 0 spiro atoms. The molecule has 0 saturated carbocycles. The van der Waals surface area contributed by atoms with E-state index in [4.69, 9.17) is 22.1 Å². The molecule has 4 N–H and O–H groups in total. The summed E-state index contributed by atoms with van der Waals surface area (Å²) in [4.78, 5) is 12.1. The van der Waals surface area contributed by atoms with E-state index in [2.05, 4.69) is 15.0 Å². The van der Waals surface area contributed by atoms with E-state index in [0.29, 0.717) is 11.2 Å². The van der Waals surface area contributed by atoms with Gasteiger partial charge >= 0.3 is 0 Å². The van der Waals surface area contributed by atoms with E-state index in [1.165, 1.54) is 12.7 Å². The van der Waals surface area contributed by atoms with Gasteiger partial charge in [0.25, 0.3) is 0 Å².